The number of rotatable bonds is 5. The number of carbonyl (C=O) groups is 1. The Bertz CT molecular complexity index is 1060. The molecule has 0 aliphatic carbocycles. The zero-order valence-electron chi connectivity index (χ0n) is 14.8. The summed E-state index contributed by atoms with van der Waals surface area (Å²) >= 11 is 5.83. The Morgan fingerprint density at radius 1 is 1.07 bits per heavy atom. The van der Waals surface area contributed by atoms with Gasteiger partial charge in [0.15, 0.2) is 0 Å². The lowest BCUT2D eigenvalue weighted by Crippen LogP contribution is -2.37. The van der Waals surface area contributed by atoms with E-state index < -0.39 is 22.0 Å². The quantitative estimate of drug-likeness (QED) is 0.706. The topological polar surface area (TPSA) is 81.1 Å². The molecule has 1 atom stereocenters. The van der Waals surface area contributed by atoms with Crippen LogP contribution in [0.5, 0.6) is 0 Å². The van der Waals surface area contributed by atoms with Gasteiger partial charge in [0, 0.05) is 10.7 Å². The molecule has 1 heterocycles. The van der Waals surface area contributed by atoms with Crippen molar-refractivity contribution >= 4 is 27.5 Å². The van der Waals surface area contributed by atoms with E-state index in [0.29, 0.717) is 22.0 Å². The monoisotopic (exact) mass is 403 g/mol. The van der Waals surface area contributed by atoms with Crippen LogP contribution in [0.3, 0.4) is 0 Å². The number of nitrogens with one attached hydrogen (secondary N) is 1. The summed E-state index contributed by atoms with van der Waals surface area (Å²) in [5, 5.41) is 4.61. The zero-order valence-corrected chi connectivity index (χ0v) is 16.3. The van der Waals surface area contributed by atoms with Crippen LogP contribution in [0, 0.1) is 13.8 Å². The van der Waals surface area contributed by atoms with Crippen LogP contribution in [0.1, 0.15) is 27.8 Å². The Hall–Kier alpha value is -2.48. The van der Waals surface area contributed by atoms with E-state index in [1.807, 2.05) is 0 Å². The summed E-state index contributed by atoms with van der Waals surface area (Å²) in [6.07, 6.45) is 0. The molecule has 140 valence electrons. The molecule has 0 saturated carbocycles. The zero-order chi connectivity index (χ0) is 19.6. The summed E-state index contributed by atoms with van der Waals surface area (Å²) in [7, 11) is -3.95. The third kappa shape index (κ3) is 4.27. The highest BCUT2D eigenvalue weighted by Crippen LogP contribution is 2.21. The Balaban J connectivity index is 2.02. The van der Waals surface area contributed by atoms with Crippen molar-refractivity contribution in [1.29, 1.82) is 0 Å². The van der Waals surface area contributed by atoms with Crippen LogP contribution in [-0.2, 0) is 10.0 Å². The van der Waals surface area contributed by atoms with Crippen molar-refractivity contribution in [2.75, 3.05) is 0 Å². The highest BCUT2D eigenvalue weighted by molar-refractivity contribution is 7.89. The van der Waals surface area contributed by atoms with Gasteiger partial charge in [0.25, 0.3) is 5.91 Å². The van der Waals surface area contributed by atoms with Gasteiger partial charge >= 0.3 is 0 Å². The first kappa shape index (κ1) is 19.3. The van der Waals surface area contributed by atoms with Gasteiger partial charge in [-0.3, -0.25) is 4.79 Å². The highest BCUT2D eigenvalue weighted by atomic mass is 35.5. The van der Waals surface area contributed by atoms with E-state index in [9.17, 15) is 13.2 Å². The molecule has 1 N–H and O–H groups in total. The van der Waals surface area contributed by atoms with Crippen molar-refractivity contribution in [3.8, 4) is 0 Å². The molecule has 0 amide bonds. The molecule has 0 spiro atoms. The molecule has 3 aromatic rings. The number of sulfonamides is 1. The van der Waals surface area contributed by atoms with Gasteiger partial charge in [-0.25, -0.2) is 13.1 Å². The van der Waals surface area contributed by atoms with Crippen LogP contribution in [0.25, 0.3) is 0 Å². The van der Waals surface area contributed by atoms with Crippen molar-refractivity contribution in [3.63, 3.8) is 0 Å². The first-order valence-electron chi connectivity index (χ1n) is 8.18. The van der Waals surface area contributed by atoms with Crippen molar-refractivity contribution in [1.82, 2.24) is 14.5 Å². The fourth-order valence-electron chi connectivity index (χ4n) is 2.72. The fraction of sp³-hybridized carbons (Fsp3) is 0.158. The molecule has 0 aliphatic rings. The van der Waals surface area contributed by atoms with Crippen molar-refractivity contribution in [3.05, 3.63) is 82.6 Å². The number of nitrogens with zero attached hydrogens (tertiary/aromatic N) is 2. The lowest BCUT2D eigenvalue weighted by atomic mass is 10.1. The third-order valence-corrected chi connectivity index (χ3v) is 5.69. The van der Waals surface area contributed by atoms with Crippen LogP contribution < -0.4 is 4.72 Å². The van der Waals surface area contributed by atoms with Gasteiger partial charge in [-0.15, -0.1) is 0 Å². The molecule has 0 bridgehead atoms. The van der Waals surface area contributed by atoms with E-state index >= 15 is 0 Å². The predicted molar refractivity (Wildman–Crippen MR) is 103 cm³/mol. The third-order valence-electron chi connectivity index (χ3n) is 4.00. The van der Waals surface area contributed by atoms with E-state index in [1.54, 1.807) is 50.2 Å². The minimum absolute atomic E-state index is 0.0222. The Kier molecular flexibility index (Phi) is 5.46. The van der Waals surface area contributed by atoms with Crippen LogP contribution in [0.15, 0.2) is 65.6 Å². The minimum atomic E-state index is -3.95. The van der Waals surface area contributed by atoms with Gasteiger partial charge < -0.3 is 0 Å². The summed E-state index contributed by atoms with van der Waals surface area (Å²) in [4.78, 5) is 13.1. The van der Waals surface area contributed by atoms with Gasteiger partial charge in [0.2, 0.25) is 10.0 Å². The van der Waals surface area contributed by atoms with E-state index in [2.05, 4.69) is 9.82 Å². The average molecular weight is 404 g/mol. The first-order chi connectivity index (χ1) is 12.8. The van der Waals surface area contributed by atoms with E-state index in [1.165, 1.54) is 28.9 Å². The first-order valence-corrected chi connectivity index (χ1v) is 10.0. The number of carbonyl (C=O) groups excluding carboxylic acids is 1. The summed E-state index contributed by atoms with van der Waals surface area (Å²) in [6.45, 7) is 3.51. The van der Waals surface area contributed by atoms with E-state index in [-0.39, 0.29) is 4.90 Å². The molecule has 0 saturated heterocycles. The SMILES string of the molecule is Cc1cc(C)n(C(=O)[C@@H](NS(=O)(=O)c2ccc(Cl)cc2)c2ccccc2)n1. The number of hydrogen-bond acceptors (Lipinski definition) is 4. The molecule has 3 rings (SSSR count). The van der Waals surface area contributed by atoms with Crippen molar-refractivity contribution in [2.45, 2.75) is 24.8 Å². The molecule has 6 nitrogen and oxygen atoms in total. The second kappa shape index (κ2) is 7.64. The van der Waals surface area contributed by atoms with Crippen molar-refractivity contribution in [2.24, 2.45) is 0 Å². The summed E-state index contributed by atoms with van der Waals surface area (Å²) in [6, 6.07) is 15.0. The van der Waals surface area contributed by atoms with Gasteiger partial charge in [-0.05, 0) is 49.7 Å². The molecule has 0 fully saturated rings. The Morgan fingerprint density at radius 2 is 1.70 bits per heavy atom. The standard InChI is InChI=1S/C19H18ClN3O3S/c1-13-12-14(2)23(21-13)19(24)18(15-6-4-3-5-7-15)22-27(25,26)17-10-8-16(20)9-11-17/h3-12,18,22H,1-2H3/t18-/m0/s1. The molecular formula is C19H18ClN3O3S. The largest absolute Gasteiger partial charge is 0.270 e. The molecule has 0 radical (unpaired) electrons. The number of benzene rings is 2. The normalized spacial score (nSPS) is 12.7. The maximum atomic E-state index is 13.1. The second-order valence-corrected chi connectivity index (χ2v) is 8.25. The predicted octanol–water partition coefficient (Wildman–Crippen LogP) is 3.51. The molecule has 2 aromatic carbocycles. The summed E-state index contributed by atoms with van der Waals surface area (Å²) in [5.41, 5.74) is 1.82. The molecule has 8 heteroatoms. The lowest BCUT2D eigenvalue weighted by molar-refractivity contribution is 0.0851. The molecule has 1 aromatic heterocycles. The molecule has 0 aliphatic heterocycles. The van der Waals surface area contributed by atoms with Crippen LogP contribution >= 0.6 is 11.6 Å². The van der Waals surface area contributed by atoms with E-state index in [0.717, 1.165) is 0 Å². The number of halogens is 1. The van der Waals surface area contributed by atoms with Gasteiger partial charge in [-0.1, -0.05) is 41.9 Å². The summed E-state index contributed by atoms with van der Waals surface area (Å²) in [5.74, 6) is -0.482. The fourth-order valence-corrected chi connectivity index (χ4v) is 4.02. The Labute approximate surface area is 162 Å². The van der Waals surface area contributed by atoms with Gasteiger partial charge in [-0.2, -0.15) is 9.82 Å². The number of aromatic nitrogens is 2. The van der Waals surface area contributed by atoms with Crippen LogP contribution in [-0.4, -0.2) is 24.1 Å². The Morgan fingerprint density at radius 3 is 2.26 bits per heavy atom. The lowest BCUT2D eigenvalue weighted by Gasteiger charge is -2.19. The minimum Gasteiger partial charge on any atom is -0.270 e. The number of hydrogen-bond donors (Lipinski definition) is 1. The molecule has 27 heavy (non-hydrogen) atoms. The maximum absolute atomic E-state index is 13.1. The van der Waals surface area contributed by atoms with Crippen LogP contribution in [0.2, 0.25) is 5.02 Å². The molecule has 0 unspecified atom stereocenters. The highest BCUT2D eigenvalue weighted by Gasteiger charge is 2.29. The average Bonchev–Trinajstić information content (AvgIpc) is 2.98. The van der Waals surface area contributed by atoms with E-state index in [4.69, 9.17) is 11.6 Å². The van der Waals surface area contributed by atoms with Crippen LogP contribution in [0.4, 0.5) is 0 Å². The number of aryl methyl sites for hydroxylation is 2. The van der Waals surface area contributed by atoms with Crippen molar-refractivity contribution < 1.29 is 13.2 Å². The van der Waals surface area contributed by atoms with Gasteiger partial charge in [0.1, 0.15) is 6.04 Å². The second-order valence-electron chi connectivity index (χ2n) is 6.10. The maximum Gasteiger partial charge on any atom is 0.269 e. The summed E-state index contributed by atoms with van der Waals surface area (Å²) < 4.78 is 29.4. The van der Waals surface area contributed by atoms with Gasteiger partial charge in [0.05, 0.1) is 10.6 Å². The smallest absolute Gasteiger partial charge is 0.269 e. The molecular weight excluding hydrogens is 386 g/mol.